The summed E-state index contributed by atoms with van der Waals surface area (Å²) in [4.78, 5) is 2.07. The van der Waals surface area contributed by atoms with E-state index < -0.39 is 11.7 Å². The standard InChI is InChI=1S/C13H14Br2F3NO/c1-8-7-20-10(5-14)6-19(8)12-3-2-9(4-11(12)15)13(16,17)18/h2-4,8,10H,5-7H2,1H3. The predicted octanol–water partition coefficient (Wildman–Crippen LogP) is 4.46. The van der Waals surface area contributed by atoms with Crippen LogP contribution in [0.2, 0.25) is 0 Å². The lowest BCUT2D eigenvalue weighted by Gasteiger charge is -2.39. The summed E-state index contributed by atoms with van der Waals surface area (Å²) in [6.45, 7) is 3.20. The average molecular weight is 417 g/mol. The second-order valence-corrected chi connectivity index (χ2v) is 6.28. The molecule has 2 nitrogen and oxygen atoms in total. The molecule has 1 aliphatic heterocycles. The highest BCUT2D eigenvalue weighted by Crippen LogP contribution is 2.36. The Bertz CT molecular complexity index is 481. The molecule has 0 radical (unpaired) electrons. The van der Waals surface area contributed by atoms with E-state index in [-0.39, 0.29) is 12.1 Å². The van der Waals surface area contributed by atoms with Crippen molar-refractivity contribution in [1.82, 2.24) is 0 Å². The maximum Gasteiger partial charge on any atom is 0.416 e. The number of nitrogens with zero attached hydrogens (tertiary/aromatic N) is 1. The molecule has 0 aromatic heterocycles. The highest BCUT2D eigenvalue weighted by atomic mass is 79.9. The molecule has 7 heteroatoms. The van der Waals surface area contributed by atoms with Crippen molar-refractivity contribution in [2.45, 2.75) is 25.2 Å². The van der Waals surface area contributed by atoms with Crippen LogP contribution in [0.15, 0.2) is 22.7 Å². The Labute approximate surface area is 132 Å². The van der Waals surface area contributed by atoms with E-state index in [2.05, 4.69) is 36.8 Å². The number of ether oxygens (including phenoxy) is 1. The van der Waals surface area contributed by atoms with Crippen LogP contribution in [0.25, 0.3) is 0 Å². The van der Waals surface area contributed by atoms with Crippen LogP contribution >= 0.6 is 31.9 Å². The van der Waals surface area contributed by atoms with Crippen LogP contribution < -0.4 is 4.90 Å². The van der Waals surface area contributed by atoms with Gasteiger partial charge in [-0.2, -0.15) is 13.2 Å². The number of benzene rings is 1. The van der Waals surface area contributed by atoms with Gasteiger partial charge in [0.15, 0.2) is 0 Å². The summed E-state index contributed by atoms with van der Waals surface area (Å²) in [6.07, 6.45) is -4.28. The third kappa shape index (κ3) is 3.49. The number of anilines is 1. The SMILES string of the molecule is CC1COC(CBr)CN1c1ccc(C(F)(F)F)cc1Br. The van der Waals surface area contributed by atoms with Crippen LogP contribution in [0.1, 0.15) is 12.5 Å². The van der Waals surface area contributed by atoms with Gasteiger partial charge in [0.25, 0.3) is 0 Å². The van der Waals surface area contributed by atoms with E-state index in [1.807, 2.05) is 6.92 Å². The van der Waals surface area contributed by atoms with Crippen molar-refractivity contribution < 1.29 is 17.9 Å². The zero-order chi connectivity index (χ0) is 14.9. The Morgan fingerprint density at radius 2 is 2.10 bits per heavy atom. The van der Waals surface area contributed by atoms with Crippen molar-refractivity contribution in [3.8, 4) is 0 Å². The van der Waals surface area contributed by atoms with Crippen LogP contribution in [0, 0.1) is 0 Å². The molecule has 0 aliphatic carbocycles. The highest BCUT2D eigenvalue weighted by Gasteiger charge is 2.32. The number of halogens is 5. The third-order valence-corrected chi connectivity index (χ3v) is 4.62. The van der Waals surface area contributed by atoms with Gasteiger partial charge in [0.2, 0.25) is 0 Å². The van der Waals surface area contributed by atoms with Crippen LogP contribution in [0.3, 0.4) is 0 Å². The third-order valence-electron chi connectivity index (χ3n) is 3.26. The average Bonchev–Trinajstić information content (AvgIpc) is 2.38. The number of morpholine rings is 1. The summed E-state index contributed by atoms with van der Waals surface area (Å²) in [6, 6.07) is 3.88. The Morgan fingerprint density at radius 1 is 1.40 bits per heavy atom. The minimum Gasteiger partial charge on any atom is -0.373 e. The van der Waals surface area contributed by atoms with Crippen LogP contribution in [0.4, 0.5) is 18.9 Å². The molecule has 20 heavy (non-hydrogen) atoms. The first-order valence-electron chi connectivity index (χ1n) is 6.14. The molecular weight excluding hydrogens is 403 g/mol. The normalized spacial score (nSPS) is 24.0. The summed E-state index contributed by atoms with van der Waals surface area (Å²) < 4.78 is 44.1. The lowest BCUT2D eigenvalue weighted by atomic mass is 10.1. The summed E-state index contributed by atoms with van der Waals surface area (Å²) in [5.74, 6) is 0. The topological polar surface area (TPSA) is 12.5 Å². The molecule has 1 aliphatic rings. The van der Waals surface area contributed by atoms with Gasteiger partial charge in [0, 0.05) is 22.4 Å². The van der Waals surface area contributed by atoms with Gasteiger partial charge in [-0.1, -0.05) is 15.9 Å². The Balaban J connectivity index is 2.28. The fourth-order valence-corrected chi connectivity index (χ4v) is 3.16. The fraction of sp³-hybridized carbons (Fsp3) is 0.538. The number of rotatable bonds is 2. The molecule has 0 bridgehead atoms. The van der Waals surface area contributed by atoms with Gasteiger partial charge < -0.3 is 9.64 Å². The molecule has 1 aromatic rings. The zero-order valence-electron chi connectivity index (χ0n) is 10.8. The van der Waals surface area contributed by atoms with Crippen molar-refractivity contribution in [3.63, 3.8) is 0 Å². The predicted molar refractivity (Wildman–Crippen MR) is 79.5 cm³/mol. The van der Waals surface area contributed by atoms with E-state index in [4.69, 9.17) is 4.74 Å². The smallest absolute Gasteiger partial charge is 0.373 e. The maximum absolute atomic E-state index is 12.7. The molecule has 1 heterocycles. The molecule has 112 valence electrons. The van der Waals surface area contributed by atoms with Gasteiger partial charge in [-0.05, 0) is 41.1 Å². The molecule has 0 saturated carbocycles. The Kier molecular flexibility index (Phi) is 5.02. The van der Waals surface area contributed by atoms with Crippen molar-refractivity contribution in [1.29, 1.82) is 0 Å². The fourth-order valence-electron chi connectivity index (χ4n) is 2.16. The van der Waals surface area contributed by atoms with E-state index in [1.54, 1.807) is 0 Å². The van der Waals surface area contributed by atoms with E-state index in [0.717, 1.165) is 17.8 Å². The maximum atomic E-state index is 12.7. The van der Waals surface area contributed by atoms with Crippen molar-refractivity contribution in [2.24, 2.45) is 0 Å². The van der Waals surface area contributed by atoms with E-state index in [1.165, 1.54) is 6.07 Å². The first kappa shape index (κ1) is 16.1. The van der Waals surface area contributed by atoms with Crippen molar-refractivity contribution >= 4 is 37.5 Å². The molecule has 1 aromatic carbocycles. The highest BCUT2D eigenvalue weighted by molar-refractivity contribution is 9.10. The first-order chi connectivity index (χ1) is 9.32. The van der Waals surface area contributed by atoms with Gasteiger partial charge in [0.1, 0.15) is 0 Å². The number of hydrogen-bond donors (Lipinski definition) is 0. The Morgan fingerprint density at radius 3 is 2.65 bits per heavy atom. The molecule has 1 fully saturated rings. The van der Waals surface area contributed by atoms with E-state index in [0.29, 0.717) is 23.0 Å². The van der Waals surface area contributed by atoms with Crippen molar-refractivity contribution in [2.75, 3.05) is 23.4 Å². The van der Waals surface area contributed by atoms with Gasteiger partial charge >= 0.3 is 6.18 Å². The lowest BCUT2D eigenvalue weighted by Crippen LogP contribution is -2.49. The summed E-state index contributed by atoms with van der Waals surface area (Å²) >= 11 is 6.63. The molecule has 1 saturated heterocycles. The minimum absolute atomic E-state index is 0.0420. The molecule has 2 unspecified atom stereocenters. The molecule has 2 atom stereocenters. The Hall–Kier alpha value is -0.270. The zero-order valence-corrected chi connectivity index (χ0v) is 13.9. The quantitative estimate of drug-likeness (QED) is 0.660. The molecule has 2 rings (SSSR count). The largest absolute Gasteiger partial charge is 0.416 e. The number of hydrogen-bond acceptors (Lipinski definition) is 2. The minimum atomic E-state index is -4.32. The summed E-state index contributed by atoms with van der Waals surface area (Å²) in [7, 11) is 0. The van der Waals surface area contributed by atoms with Gasteiger partial charge in [-0.3, -0.25) is 0 Å². The molecule has 0 amide bonds. The van der Waals surface area contributed by atoms with Crippen LogP contribution in [-0.4, -0.2) is 30.6 Å². The van der Waals surface area contributed by atoms with Crippen LogP contribution in [-0.2, 0) is 10.9 Å². The summed E-state index contributed by atoms with van der Waals surface area (Å²) in [5, 5.41) is 0.703. The van der Waals surface area contributed by atoms with Crippen LogP contribution in [0.5, 0.6) is 0 Å². The van der Waals surface area contributed by atoms with Crippen molar-refractivity contribution in [3.05, 3.63) is 28.2 Å². The van der Waals surface area contributed by atoms with E-state index in [9.17, 15) is 13.2 Å². The van der Waals surface area contributed by atoms with E-state index >= 15 is 0 Å². The number of alkyl halides is 4. The first-order valence-corrected chi connectivity index (χ1v) is 8.05. The van der Waals surface area contributed by atoms with Gasteiger partial charge in [-0.25, -0.2) is 0 Å². The monoisotopic (exact) mass is 415 g/mol. The second-order valence-electron chi connectivity index (χ2n) is 4.77. The van der Waals surface area contributed by atoms with Gasteiger partial charge in [0.05, 0.1) is 24.0 Å². The summed E-state index contributed by atoms with van der Waals surface area (Å²) in [5.41, 5.74) is 0.117. The molecular formula is C13H14Br2F3NO. The molecule has 0 spiro atoms. The second kappa shape index (κ2) is 6.23. The lowest BCUT2D eigenvalue weighted by molar-refractivity contribution is -0.137. The van der Waals surface area contributed by atoms with Gasteiger partial charge in [-0.15, -0.1) is 0 Å². The molecule has 0 N–H and O–H groups in total.